The zero-order chi connectivity index (χ0) is 12.1. The van der Waals surface area contributed by atoms with Crippen LogP contribution in [-0.4, -0.2) is 0 Å². The Kier molecular flexibility index (Phi) is 4.49. The molecule has 2 N–H and O–H groups in total. The maximum absolute atomic E-state index is 6.12. The predicted octanol–water partition coefficient (Wildman–Crippen LogP) is 4.09. The van der Waals surface area contributed by atoms with Gasteiger partial charge in [0, 0.05) is 22.2 Å². The molecular formula is C14H14ClNS. The molecule has 0 aliphatic carbocycles. The first-order chi connectivity index (χ1) is 8.29. The monoisotopic (exact) mass is 263 g/mol. The summed E-state index contributed by atoms with van der Waals surface area (Å²) in [4.78, 5) is 1.18. The van der Waals surface area contributed by atoms with E-state index >= 15 is 0 Å². The average Bonchev–Trinajstić information content (AvgIpc) is 2.38. The molecule has 0 radical (unpaired) electrons. The quantitative estimate of drug-likeness (QED) is 0.841. The van der Waals surface area contributed by atoms with E-state index in [4.69, 9.17) is 17.3 Å². The fraction of sp³-hybridized carbons (Fsp3) is 0.143. The summed E-state index contributed by atoms with van der Waals surface area (Å²) in [6.45, 7) is 0.489. The number of halogens is 1. The van der Waals surface area contributed by atoms with Gasteiger partial charge in [-0.25, -0.2) is 0 Å². The van der Waals surface area contributed by atoms with Crippen molar-refractivity contribution < 1.29 is 0 Å². The van der Waals surface area contributed by atoms with E-state index < -0.39 is 0 Å². The molecule has 17 heavy (non-hydrogen) atoms. The molecule has 2 aromatic rings. The van der Waals surface area contributed by atoms with Crippen molar-refractivity contribution in [3.8, 4) is 0 Å². The van der Waals surface area contributed by atoms with Gasteiger partial charge >= 0.3 is 0 Å². The molecule has 2 rings (SSSR count). The van der Waals surface area contributed by atoms with E-state index in [2.05, 4.69) is 30.3 Å². The third-order valence-electron chi connectivity index (χ3n) is 2.49. The van der Waals surface area contributed by atoms with Gasteiger partial charge in [-0.3, -0.25) is 0 Å². The Morgan fingerprint density at radius 3 is 2.47 bits per heavy atom. The molecule has 0 aliphatic rings. The zero-order valence-electron chi connectivity index (χ0n) is 9.40. The van der Waals surface area contributed by atoms with Gasteiger partial charge in [-0.2, -0.15) is 0 Å². The van der Waals surface area contributed by atoms with Gasteiger partial charge in [-0.05, 0) is 23.3 Å². The molecule has 0 saturated heterocycles. The van der Waals surface area contributed by atoms with Crippen LogP contribution < -0.4 is 5.73 Å². The van der Waals surface area contributed by atoms with Crippen LogP contribution in [0.5, 0.6) is 0 Å². The van der Waals surface area contributed by atoms with Crippen LogP contribution in [0.1, 0.15) is 11.1 Å². The molecule has 0 fully saturated rings. The van der Waals surface area contributed by atoms with E-state index in [0.717, 1.165) is 16.3 Å². The molecule has 0 unspecified atom stereocenters. The van der Waals surface area contributed by atoms with Gasteiger partial charge in [-0.15, -0.1) is 11.8 Å². The third kappa shape index (κ3) is 3.50. The van der Waals surface area contributed by atoms with Crippen LogP contribution in [0.25, 0.3) is 0 Å². The molecule has 0 spiro atoms. The Morgan fingerprint density at radius 1 is 1.06 bits per heavy atom. The van der Waals surface area contributed by atoms with Crippen molar-refractivity contribution >= 4 is 23.4 Å². The molecule has 1 nitrogen and oxygen atoms in total. The van der Waals surface area contributed by atoms with Crippen LogP contribution in [0.3, 0.4) is 0 Å². The lowest BCUT2D eigenvalue weighted by Crippen LogP contribution is -1.96. The number of benzene rings is 2. The Balaban J connectivity index is 2.02. The van der Waals surface area contributed by atoms with Crippen molar-refractivity contribution in [3.63, 3.8) is 0 Å². The smallest absolute Gasteiger partial charge is 0.0462 e. The summed E-state index contributed by atoms with van der Waals surface area (Å²) < 4.78 is 0. The number of hydrogen-bond donors (Lipinski definition) is 1. The van der Waals surface area contributed by atoms with Crippen molar-refractivity contribution in [2.24, 2.45) is 5.73 Å². The van der Waals surface area contributed by atoms with Crippen LogP contribution in [0, 0.1) is 0 Å². The van der Waals surface area contributed by atoms with Gasteiger partial charge in [-0.1, -0.05) is 48.0 Å². The molecule has 88 valence electrons. The van der Waals surface area contributed by atoms with Crippen molar-refractivity contribution in [1.29, 1.82) is 0 Å². The van der Waals surface area contributed by atoms with Gasteiger partial charge < -0.3 is 5.73 Å². The van der Waals surface area contributed by atoms with Gasteiger partial charge in [0.2, 0.25) is 0 Å². The molecule has 0 amide bonds. The molecule has 0 bridgehead atoms. The lowest BCUT2D eigenvalue weighted by atomic mass is 10.2. The summed E-state index contributed by atoms with van der Waals surface area (Å²) in [7, 11) is 0. The van der Waals surface area contributed by atoms with Gasteiger partial charge in [0.05, 0.1) is 0 Å². The first-order valence-electron chi connectivity index (χ1n) is 5.45. The number of rotatable bonds is 4. The van der Waals surface area contributed by atoms with Crippen LogP contribution >= 0.6 is 23.4 Å². The van der Waals surface area contributed by atoms with Crippen LogP contribution in [0.4, 0.5) is 0 Å². The van der Waals surface area contributed by atoms with E-state index in [-0.39, 0.29) is 0 Å². The molecule has 2 aromatic carbocycles. The van der Waals surface area contributed by atoms with Gasteiger partial charge in [0.1, 0.15) is 0 Å². The normalized spacial score (nSPS) is 10.5. The Bertz CT molecular complexity index is 485. The summed E-state index contributed by atoms with van der Waals surface area (Å²) in [5.74, 6) is 0.957. The fourth-order valence-corrected chi connectivity index (χ4v) is 2.74. The third-order valence-corrected chi connectivity index (χ3v) is 3.91. The van der Waals surface area contributed by atoms with E-state index in [0.29, 0.717) is 6.54 Å². The number of hydrogen-bond acceptors (Lipinski definition) is 2. The first-order valence-corrected chi connectivity index (χ1v) is 6.81. The molecular weight excluding hydrogens is 250 g/mol. The second-order valence-corrected chi connectivity index (χ2v) is 5.19. The Hall–Kier alpha value is -0.960. The SMILES string of the molecule is NCc1ccc(SCc2ccccc2)cc1Cl. The lowest BCUT2D eigenvalue weighted by Gasteiger charge is -2.05. The molecule has 0 aromatic heterocycles. The van der Waals surface area contributed by atoms with E-state index in [1.807, 2.05) is 18.2 Å². The molecule has 0 saturated carbocycles. The van der Waals surface area contributed by atoms with Crippen molar-refractivity contribution in [2.45, 2.75) is 17.2 Å². The second-order valence-electron chi connectivity index (χ2n) is 3.73. The fourth-order valence-electron chi connectivity index (χ4n) is 1.52. The highest BCUT2D eigenvalue weighted by molar-refractivity contribution is 7.98. The summed E-state index contributed by atoms with van der Waals surface area (Å²) in [6.07, 6.45) is 0. The van der Waals surface area contributed by atoms with Gasteiger partial charge in [0.25, 0.3) is 0 Å². The van der Waals surface area contributed by atoms with Crippen LogP contribution in [-0.2, 0) is 12.3 Å². The lowest BCUT2D eigenvalue weighted by molar-refractivity contribution is 1.07. The standard InChI is InChI=1S/C14H14ClNS/c15-14-8-13(7-6-12(14)9-16)17-10-11-4-2-1-3-5-11/h1-8H,9-10,16H2. The molecule has 0 heterocycles. The minimum atomic E-state index is 0.489. The van der Waals surface area contributed by atoms with Crippen LogP contribution in [0.2, 0.25) is 5.02 Å². The highest BCUT2D eigenvalue weighted by Crippen LogP contribution is 2.27. The highest BCUT2D eigenvalue weighted by atomic mass is 35.5. The Morgan fingerprint density at radius 2 is 1.82 bits per heavy atom. The van der Waals surface area contributed by atoms with Crippen molar-refractivity contribution in [3.05, 3.63) is 64.7 Å². The summed E-state index contributed by atoms with van der Waals surface area (Å²) in [6, 6.07) is 16.4. The van der Waals surface area contributed by atoms with Gasteiger partial charge in [0.15, 0.2) is 0 Å². The van der Waals surface area contributed by atoms with Crippen molar-refractivity contribution in [1.82, 2.24) is 0 Å². The minimum absolute atomic E-state index is 0.489. The average molecular weight is 264 g/mol. The predicted molar refractivity (Wildman–Crippen MR) is 75.3 cm³/mol. The second kappa shape index (κ2) is 6.10. The summed E-state index contributed by atoms with van der Waals surface area (Å²) in [5.41, 5.74) is 7.89. The van der Waals surface area contributed by atoms with E-state index in [1.54, 1.807) is 11.8 Å². The topological polar surface area (TPSA) is 26.0 Å². The van der Waals surface area contributed by atoms with Crippen molar-refractivity contribution in [2.75, 3.05) is 0 Å². The number of nitrogens with two attached hydrogens (primary N) is 1. The molecule has 3 heteroatoms. The van der Waals surface area contributed by atoms with E-state index in [1.165, 1.54) is 10.5 Å². The highest BCUT2D eigenvalue weighted by Gasteiger charge is 2.01. The van der Waals surface area contributed by atoms with Crippen LogP contribution in [0.15, 0.2) is 53.4 Å². The minimum Gasteiger partial charge on any atom is -0.326 e. The summed E-state index contributed by atoms with van der Waals surface area (Å²) in [5, 5.41) is 0.755. The van der Waals surface area contributed by atoms with E-state index in [9.17, 15) is 0 Å². The number of thioether (sulfide) groups is 1. The largest absolute Gasteiger partial charge is 0.326 e. The summed E-state index contributed by atoms with van der Waals surface area (Å²) >= 11 is 7.90. The zero-order valence-corrected chi connectivity index (χ0v) is 11.0. The maximum Gasteiger partial charge on any atom is 0.0462 e. The Labute approximate surface area is 111 Å². The molecule has 0 atom stereocenters. The first kappa shape index (κ1) is 12.5. The molecule has 0 aliphatic heterocycles. The maximum atomic E-state index is 6.12.